The van der Waals surface area contributed by atoms with Crippen molar-refractivity contribution in [3.63, 3.8) is 0 Å². The fourth-order valence-corrected chi connectivity index (χ4v) is 5.08. The molecule has 0 bridgehead atoms. The van der Waals surface area contributed by atoms with E-state index in [2.05, 4.69) is 38.0 Å². The van der Waals surface area contributed by atoms with Gasteiger partial charge in [0.2, 0.25) is 5.91 Å². The number of amides is 2. The average molecular weight is 488 g/mol. The van der Waals surface area contributed by atoms with Gasteiger partial charge in [0.25, 0.3) is 0 Å². The Morgan fingerprint density at radius 1 is 1.12 bits per heavy atom. The van der Waals surface area contributed by atoms with Crippen LogP contribution in [-0.4, -0.2) is 82.5 Å². The molecule has 0 aromatic heterocycles. The van der Waals surface area contributed by atoms with Crippen LogP contribution in [0.25, 0.3) is 0 Å². The van der Waals surface area contributed by atoms with E-state index in [1.165, 1.54) is 5.56 Å². The number of piperazine rings is 1. The molecule has 2 amide bonds. The average Bonchev–Trinajstić information content (AvgIpc) is 3.47. The van der Waals surface area contributed by atoms with Crippen molar-refractivity contribution in [1.82, 2.24) is 30.6 Å². The molecule has 34 heavy (non-hydrogen) atoms. The second-order valence-electron chi connectivity index (χ2n) is 8.82. The minimum atomic E-state index is -0.308. The van der Waals surface area contributed by atoms with E-state index in [9.17, 15) is 9.59 Å². The molecule has 10 nitrogen and oxygen atoms in total. The zero-order valence-corrected chi connectivity index (χ0v) is 19.9. The number of amidine groups is 1. The molecule has 0 radical (unpaired) electrons. The van der Waals surface area contributed by atoms with Crippen LogP contribution in [0.3, 0.4) is 0 Å². The van der Waals surface area contributed by atoms with E-state index in [1.807, 2.05) is 29.4 Å². The smallest absolute Gasteiger partial charge is 0.409 e. The quantitative estimate of drug-likeness (QED) is 0.656. The van der Waals surface area contributed by atoms with Crippen molar-refractivity contribution in [1.29, 1.82) is 0 Å². The van der Waals surface area contributed by atoms with Crippen LogP contribution in [0.5, 0.6) is 0 Å². The number of benzene rings is 1. The maximum atomic E-state index is 12.8. The molecule has 0 spiro atoms. The van der Waals surface area contributed by atoms with Gasteiger partial charge in [0, 0.05) is 56.4 Å². The highest BCUT2D eigenvalue weighted by Crippen LogP contribution is 2.34. The first-order valence-electron chi connectivity index (χ1n) is 11.8. The molecule has 3 atom stereocenters. The molecule has 2 saturated heterocycles. The fourth-order valence-electron chi connectivity index (χ4n) is 4.95. The number of hydrogen-bond acceptors (Lipinski definition) is 8. The fraction of sp³-hybridized carbons (Fsp3) is 0.522. The van der Waals surface area contributed by atoms with E-state index in [1.54, 1.807) is 11.8 Å². The standard InChI is InChI=1S/C23H30ClN7O3/c1-2-34-23(33)29-11-9-28(10-12-29)21(32)8-7-20-25-26-22-19-15-18(16-3-5-17(24)6-4-16)27-31(19)14-13-30(20)22/h3-6,13-14,18-19,22,26-27H,2,7-12,15H2,1H3. The number of hydrazine groups is 1. The molecule has 0 saturated carbocycles. The van der Waals surface area contributed by atoms with Crippen molar-refractivity contribution < 1.29 is 14.3 Å². The molecular weight excluding hydrogens is 458 g/mol. The first-order chi connectivity index (χ1) is 16.5. The molecule has 1 aromatic rings. The summed E-state index contributed by atoms with van der Waals surface area (Å²) in [4.78, 5) is 30.2. The molecule has 4 aliphatic heterocycles. The summed E-state index contributed by atoms with van der Waals surface area (Å²) < 4.78 is 5.04. The minimum absolute atomic E-state index is 0.0213. The zero-order valence-electron chi connectivity index (χ0n) is 19.2. The lowest BCUT2D eigenvalue weighted by Crippen LogP contribution is -2.54. The predicted octanol–water partition coefficient (Wildman–Crippen LogP) is 2.07. The summed E-state index contributed by atoms with van der Waals surface area (Å²) in [6.45, 7) is 4.22. The Morgan fingerprint density at radius 3 is 2.59 bits per heavy atom. The summed E-state index contributed by atoms with van der Waals surface area (Å²) in [7, 11) is 0. The van der Waals surface area contributed by atoms with Crippen molar-refractivity contribution in [2.24, 2.45) is 5.10 Å². The number of nitrogens with zero attached hydrogens (tertiary/aromatic N) is 5. The summed E-state index contributed by atoms with van der Waals surface area (Å²) in [6.07, 6.45) is 5.64. The van der Waals surface area contributed by atoms with Crippen molar-refractivity contribution in [3.8, 4) is 0 Å². The Hall–Kier alpha value is -2.98. The Bertz CT molecular complexity index is 977. The minimum Gasteiger partial charge on any atom is -0.450 e. The van der Waals surface area contributed by atoms with Gasteiger partial charge >= 0.3 is 6.09 Å². The molecular formula is C23H30ClN7O3. The summed E-state index contributed by atoms with van der Waals surface area (Å²) in [5.41, 5.74) is 8.03. The number of hydrogen-bond donors (Lipinski definition) is 2. The van der Waals surface area contributed by atoms with E-state index in [4.69, 9.17) is 16.3 Å². The molecule has 4 heterocycles. The largest absolute Gasteiger partial charge is 0.450 e. The molecule has 0 aliphatic carbocycles. The first-order valence-corrected chi connectivity index (χ1v) is 12.2. The molecule has 11 heteroatoms. The number of halogens is 1. The van der Waals surface area contributed by atoms with E-state index in [-0.39, 0.29) is 30.2 Å². The molecule has 2 N–H and O–H groups in total. The lowest BCUT2D eigenvalue weighted by atomic mass is 9.99. The molecule has 4 aliphatic rings. The number of hydrazone groups is 1. The number of ether oxygens (including phenoxy) is 1. The van der Waals surface area contributed by atoms with Crippen molar-refractivity contribution in [2.45, 2.75) is 44.4 Å². The van der Waals surface area contributed by atoms with Crippen LogP contribution in [0.15, 0.2) is 41.8 Å². The van der Waals surface area contributed by atoms with Gasteiger partial charge in [0.15, 0.2) is 0 Å². The topological polar surface area (TPSA) is 92.7 Å². The van der Waals surface area contributed by atoms with Gasteiger partial charge in [-0.15, -0.1) is 0 Å². The van der Waals surface area contributed by atoms with Gasteiger partial charge in [-0.25, -0.2) is 10.2 Å². The Kier molecular flexibility index (Phi) is 6.51. The van der Waals surface area contributed by atoms with Crippen LogP contribution in [0.4, 0.5) is 4.79 Å². The Balaban J connectivity index is 1.12. The molecule has 1 aromatic carbocycles. The van der Waals surface area contributed by atoms with E-state index < -0.39 is 0 Å². The second-order valence-corrected chi connectivity index (χ2v) is 9.25. The maximum absolute atomic E-state index is 12.8. The number of fused-ring (bicyclic) bond motifs is 3. The van der Waals surface area contributed by atoms with Crippen LogP contribution in [0.2, 0.25) is 5.02 Å². The third-order valence-corrected chi connectivity index (χ3v) is 7.06. The van der Waals surface area contributed by atoms with Crippen LogP contribution >= 0.6 is 11.6 Å². The summed E-state index contributed by atoms with van der Waals surface area (Å²) in [5, 5.41) is 7.42. The van der Waals surface area contributed by atoms with Crippen molar-refractivity contribution >= 4 is 29.4 Å². The summed E-state index contributed by atoms with van der Waals surface area (Å²) in [5.74, 6) is 0.956. The third-order valence-electron chi connectivity index (χ3n) is 6.81. The molecule has 182 valence electrons. The number of nitrogens with one attached hydrogen (secondary N) is 2. The molecule has 5 rings (SSSR count). The third kappa shape index (κ3) is 4.52. The lowest BCUT2D eigenvalue weighted by molar-refractivity contribution is -0.132. The number of carbonyl (C=O) groups is 2. The van der Waals surface area contributed by atoms with Gasteiger partial charge in [-0.3, -0.25) is 10.2 Å². The monoisotopic (exact) mass is 487 g/mol. The maximum Gasteiger partial charge on any atom is 0.409 e. The van der Waals surface area contributed by atoms with Gasteiger partial charge in [0.1, 0.15) is 12.0 Å². The van der Waals surface area contributed by atoms with Crippen LogP contribution in [0.1, 0.15) is 37.8 Å². The highest BCUT2D eigenvalue weighted by molar-refractivity contribution is 6.30. The van der Waals surface area contributed by atoms with Crippen molar-refractivity contribution in [3.05, 3.63) is 47.3 Å². The van der Waals surface area contributed by atoms with Crippen LogP contribution in [-0.2, 0) is 9.53 Å². The van der Waals surface area contributed by atoms with Gasteiger partial charge in [-0.05, 0) is 31.0 Å². The van der Waals surface area contributed by atoms with Crippen molar-refractivity contribution in [2.75, 3.05) is 32.8 Å². The van der Waals surface area contributed by atoms with Crippen LogP contribution in [0, 0.1) is 0 Å². The Labute approximate surface area is 204 Å². The lowest BCUT2D eigenvalue weighted by Gasteiger charge is -2.37. The number of carbonyl (C=O) groups excluding carboxylic acids is 2. The highest BCUT2D eigenvalue weighted by Gasteiger charge is 2.44. The van der Waals surface area contributed by atoms with Gasteiger partial charge in [-0.2, -0.15) is 5.10 Å². The predicted molar refractivity (Wildman–Crippen MR) is 127 cm³/mol. The van der Waals surface area contributed by atoms with E-state index in [0.717, 1.165) is 17.3 Å². The van der Waals surface area contributed by atoms with E-state index in [0.29, 0.717) is 45.6 Å². The molecule has 2 fully saturated rings. The SMILES string of the molecule is CCOC(=O)N1CCN(C(=O)CCC2=NNC3C4CC(c5ccc(Cl)cc5)NN4C=CN23)CC1. The highest BCUT2D eigenvalue weighted by atomic mass is 35.5. The first kappa shape index (κ1) is 22.8. The van der Waals surface area contributed by atoms with Gasteiger partial charge in [0.05, 0.1) is 18.7 Å². The van der Waals surface area contributed by atoms with Gasteiger partial charge < -0.3 is 24.4 Å². The number of rotatable bonds is 5. The summed E-state index contributed by atoms with van der Waals surface area (Å²) >= 11 is 6.04. The second kappa shape index (κ2) is 9.71. The normalized spacial score (nSPS) is 25.6. The zero-order chi connectivity index (χ0) is 23.7. The Morgan fingerprint density at radius 2 is 1.85 bits per heavy atom. The van der Waals surface area contributed by atoms with E-state index >= 15 is 0 Å². The van der Waals surface area contributed by atoms with Crippen LogP contribution < -0.4 is 10.9 Å². The summed E-state index contributed by atoms with van der Waals surface area (Å²) in [6, 6.07) is 8.36. The van der Waals surface area contributed by atoms with Gasteiger partial charge in [-0.1, -0.05) is 23.7 Å². The molecule has 3 unspecified atom stereocenters.